The number of aliphatic hydroxyl groups excluding tert-OH is 1. The summed E-state index contributed by atoms with van der Waals surface area (Å²) in [5.41, 5.74) is 1.68. The van der Waals surface area contributed by atoms with Crippen LogP contribution in [0, 0.1) is 12.3 Å². The minimum absolute atomic E-state index is 0.237. The van der Waals surface area contributed by atoms with Crippen molar-refractivity contribution < 1.29 is 5.11 Å². The molecule has 0 radical (unpaired) electrons. The van der Waals surface area contributed by atoms with E-state index in [1.807, 2.05) is 0 Å². The van der Waals surface area contributed by atoms with Gasteiger partial charge < -0.3 is 5.11 Å². The highest BCUT2D eigenvalue weighted by Gasteiger charge is 2.34. The lowest BCUT2D eigenvalue weighted by atomic mass is 9.67. The molecule has 0 aliphatic heterocycles. The number of aryl methyl sites for hydroxylation is 1. The maximum atomic E-state index is 10.0. The summed E-state index contributed by atoms with van der Waals surface area (Å²) in [6, 6.07) is 2.11. The highest BCUT2D eigenvalue weighted by Crippen LogP contribution is 2.47. The first-order valence-corrected chi connectivity index (χ1v) is 6.20. The zero-order valence-corrected chi connectivity index (χ0v) is 9.73. The Labute approximate surface area is 89.8 Å². The number of rotatable bonds is 3. The first-order valence-electron chi connectivity index (χ1n) is 5.32. The van der Waals surface area contributed by atoms with Gasteiger partial charge in [-0.3, -0.25) is 0 Å². The van der Waals surface area contributed by atoms with Gasteiger partial charge in [0.15, 0.2) is 0 Å². The molecule has 1 saturated carbocycles. The quantitative estimate of drug-likeness (QED) is 0.807. The molecule has 2 rings (SSSR count). The van der Waals surface area contributed by atoms with E-state index >= 15 is 0 Å². The maximum absolute atomic E-state index is 10.0. The third-order valence-corrected chi connectivity index (χ3v) is 4.48. The smallest absolute Gasteiger partial charge is 0.0887 e. The van der Waals surface area contributed by atoms with Gasteiger partial charge in [-0.05, 0) is 48.6 Å². The molecule has 0 amide bonds. The molecule has 1 aromatic rings. The van der Waals surface area contributed by atoms with Crippen LogP contribution in [0.4, 0.5) is 0 Å². The Kier molecular flexibility index (Phi) is 2.67. The van der Waals surface area contributed by atoms with E-state index in [0.29, 0.717) is 5.41 Å². The molecule has 2 heteroatoms. The largest absolute Gasteiger partial charge is 0.388 e. The third kappa shape index (κ3) is 2.01. The molecule has 1 fully saturated rings. The maximum Gasteiger partial charge on any atom is 0.0887 e. The summed E-state index contributed by atoms with van der Waals surface area (Å²) >= 11 is 1.68. The van der Waals surface area contributed by atoms with Crippen LogP contribution in [0.2, 0.25) is 0 Å². The average molecular weight is 210 g/mol. The van der Waals surface area contributed by atoms with Gasteiger partial charge in [-0.15, -0.1) is 11.3 Å². The molecule has 1 aliphatic carbocycles. The molecule has 1 nitrogen and oxygen atoms in total. The van der Waals surface area contributed by atoms with Crippen molar-refractivity contribution in [3.05, 3.63) is 21.9 Å². The van der Waals surface area contributed by atoms with Crippen molar-refractivity contribution in [2.24, 2.45) is 5.41 Å². The summed E-state index contributed by atoms with van der Waals surface area (Å²) in [5, 5.41) is 12.2. The molecular formula is C12H18OS. The summed E-state index contributed by atoms with van der Waals surface area (Å²) in [5.74, 6) is 0. The zero-order valence-electron chi connectivity index (χ0n) is 8.92. The number of hydrogen-bond acceptors (Lipinski definition) is 2. The minimum atomic E-state index is -0.237. The van der Waals surface area contributed by atoms with Gasteiger partial charge in [0.05, 0.1) is 6.10 Å². The van der Waals surface area contributed by atoms with Crippen molar-refractivity contribution in [3.63, 3.8) is 0 Å². The highest BCUT2D eigenvalue weighted by atomic mass is 32.1. The second kappa shape index (κ2) is 3.67. The van der Waals surface area contributed by atoms with Crippen molar-refractivity contribution in [1.82, 2.24) is 0 Å². The lowest BCUT2D eigenvalue weighted by Crippen LogP contribution is -2.27. The van der Waals surface area contributed by atoms with E-state index in [0.717, 1.165) is 11.3 Å². The Morgan fingerprint density at radius 1 is 1.57 bits per heavy atom. The second-order valence-electron chi connectivity index (χ2n) is 4.91. The molecule has 1 N–H and O–H groups in total. The lowest BCUT2D eigenvalue weighted by molar-refractivity contribution is 0.0565. The number of thiophene rings is 1. The normalized spacial score (nSPS) is 21.6. The fourth-order valence-electron chi connectivity index (χ4n) is 2.18. The van der Waals surface area contributed by atoms with Crippen molar-refractivity contribution >= 4 is 11.3 Å². The molecule has 1 aliphatic rings. The van der Waals surface area contributed by atoms with Crippen LogP contribution in [0.15, 0.2) is 11.4 Å². The molecule has 1 heterocycles. The van der Waals surface area contributed by atoms with Crippen molar-refractivity contribution in [2.75, 3.05) is 0 Å². The summed E-state index contributed by atoms with van der Waals surface area (Å²) in [7, 11) is 0. The van der Waals surface area contributed by atoms with Crippen LogP contribution in [0.25, 0.3) is 0 Å². The Hall–Kier alpha value is -0.340. The van der Waals surface area contributed by atoms with Crippen LogP contribution >= 0.6 is 11.3 Å². The first-order chi connectivity index (χ1) is 6.59. The van der Waals surface area contributed by atoms with Crippen molar-refractivity contribution in [1.29, 1.82) is 0 Å². The summed E-state index contributed by atoms with van der Waals surface area (Å²) < 4.78 is 0. The third-order valence-electron chi connectivity index (χ3n) is 3.33. The topological polar surface area (TPSA) is 20.2 Å². The summed E-state index contributed by atoms with van der Waals surface area (Å²) in [6.07, 6.45) is 4.61. The fourth-order valence-corrected chi connectivity index (χ4v) is 3.06. The van der Waals surface area contributed by atoms with Crippen LogP contribution in [-0.2, 0) is 0 Å². The molecular weight excluding hydrogens is 192 g/mol. The monoisotopic (exact) mass is 210 g/mol. The standard InChI is InChI=1S/C12H18OS/c1-9-6-11(14-8-9)10(13)7-12(2)4-3-5-12/h6,8,10,13H,3-5,7H2,1-2H3. The van der Waals surface area contributed by atoms with E-state index in [2.05, 4.69) is 25.3 Å². The first kappa shape index (κ1) is 10.2. The Balaban J connectivity index is 1.98. The van der Waals surface area contributed by atoms with Crippen LogP contribution in [0.5, 0.6) is 0 Å². The minimum Gasteiger partial charge on any atom is -0.388 e. The van der Waals surface area contributed by atoms with Crippen molar-refractivity contribution in [3.8, 4) is 0 Å². The molecule has 78 valence electrons. The van der Waals surface area contributed by atoms with Crippen LogP contribution < -0.4 is 0 Å². The number of hydrogen-bond donors (Lipinski definition) is 1. The SMILES string of the molecule is Cc1csc(C(O)CC2(C)CCC2)c1. The van der Waals surface area contributed by atoms with E-state index in [1.54, 1.807) is 11.3 Å². The zero-order chi connectivity index (χ0) is 10.2. The molecule has 1 unspecified atom stereocenters. The van der Waals surface area contributed by atoms with Gasteiger partial charge in [-0.2, -0.15) is 0 Å². The highest BCUT2D eigenvalue weighted by molar-refractivity contribution is 7.10. The van der Waals surface area contributed by atoms with E-state index < -0.39 is 0 Å². The molecule has 0 aromatic carbocycles. The van der Waals surface area contributed by atoms with Crippen LogP contribution in [0.3, 0.4) is 0 Å². The van der Waals surface area contributed by atoms with Gasteiger partial charge in [0.2, 0.25) is 0 Å². The summed E-state index contributed by atoms with van der Waals surface area (Å²) in [6.45, 7) is 4.37. The Morgan fingerprint density at radius 2 is 2.29 bits per heavy atom. The molecule has 0 bridgehead atoms. The molecule has 0 spiro atoms. The van der Waals surface area contributed by atoms with E-state index in [9.17, 15) is 5.11 Å². The number of aliphatic hydroxyl groups is 1. The Bertz CT molecular complexity index is 312. The lowest BCUT2D eigenvalue weighted by Gasteiger charge is -2.39. The van der Waals surface area contributed by atoms with E-state index in [4.69, 9.17) is 0 Å². The predicted octanol–water partition coefficient (Wildman–Crippen LogP) is 3.67. The van der Waals surface area contributed by atoms with Gasteiger partial charge in [0, 0.05) is 4.88 Å². The van der Waals surface area contributed by atoms with Gasteiger partial charge in [-0.25, -0.2) is 0 Å². The Morgan fingerprint density at radius 3 is 2.71 bits per heavy atom. The van der Waals surface area contributed by atoms with Gasteiger partial charge >= 0.3 is 0 Å². The predicted molar refractivity (Wildman–Crippen MR) is 60.6 cm³/mol. The van der Waals surface area contributed by atoms with Crippen LogP contribution in [0.1, 0.15) is 49.2 Å². The van der Waals surface area contributed by atoms with E-state index in [1.165, 1.54) is 24.8 Å². The molecule has 1 aromatic heterocycles. The summed E-state index contributed by atoms with van der Waals surface area (Å²) in [4.78, 5) is 1.13. The van der Waals surface area contributed by atoms with E-state index in [-0.39, 0.29) is 6.10 Å². The van der Waals surface area contributed by atoms with Crippen LogP contribution in [-0.4, -0.2) is 5.11 Å². The van der Waals surface area contributed by atoms with Gasteiger partial charge in [-0.1, -0.05) is 13.3 Å². The fraction of sp³-hybridized carbons (Fsp3) is 0.667. The van der Waals surface area contributed by atoms with Gasteiger partial charge in [0.25, 0.3) is 0 Å². The average Bonchev–Trinajstić information content (AvgIpc) is 2.49. The molecule has 1 atom stereocenters. The molecule has 14 heavy (non-hydrogen) atoms. The van der Waals surface area contributed by atoms with Gasteiger partial charge in [0.1, 0.15) is 0 Å². The van der Waals surface area contributed by atoms with Crippen molar-refractivity contribution in [2.45, 2.75) is 45.6 Å². The second-order valence-corrected chi connectivity index (χ2v) is 5.85. The molecule has 0 saturated heterocycles.